The number of hydrogen-bond donors (Lipinski definition) is 2. The molecule has 0 aliphatic carbocycles. The van der Waals surface area contributed by atoms with Gasteiger partial charge in [0.25, 0.3) is 0 Å². The summed E-state index contributed by atoms with van der Waals surface area (Å²) >= 11 is 1.57. The van der Waals surface area contributed by atoms with Gasteiger partial charge in [0, 0.05) is 54.6 Å². The second kappa shape index (κ2) is 10.0. The largest absolute Gasteiger partial charge is 0.494 e. The lowest BCUT2D eigenvalue weighted by atomic mass is 10.0. The van der Waals surface area contributed by atoms with Gasteiger partial charge in [-0.1, -0.05) is 12.1 Å². The highest BCUT2D eigenvalue weighted by Crippen LogP contribution is 2.33. The summed E-state index contributed by atoms with van der Waals surface area (Å²) in [6, 6.07) is 15.4. The number of rotatable bonds is 6. The number of thiophene rings is 1. The molecule has 4 aromatic rings. The van der Waals surface area contributed by atoms with Crippen molar-refractivity contribution >= 4 is 39.6 Å². The SMILES string of the molecule is COC(=O)c1ccc2[nH]c(O)c(C(=Nc3cccc(CN4CCN(C)CC4)c3)c3ccsc3)c2c1. The second-order valence-corrected chi connectivity index (χ2v) is 9.60. The number of esters is 1. The average molecular weight is 489 g/mol. The number of benzene rings is 2. The number of aromatic hydroxyl groups is 1. The molecule has 180 valence electrons. The Morgan fingerprint density at radius 3 is 2.69 bits per heavy atom. The van der Waals surface area contributed by atoms with Crippen molar-refractivity contribution in [3.8, 4) is 5.88 Å². The molecule has 1 saturated heterocycles. The molecule has 5 rings (SSSR count). The first-order valence-corrected chi connectivity index (χ1v) is 12.5. The van der Waals surface area contributed by atoms with Crippen LogP contribution >= 0.6 is 11.3 Å². The number of hydrogen-bond acceptors (Lipinski definition) is 7. The van der Waals surface area contributed by atoms with E-state index in [2.05, 4.69) is 34.0 Å². The third-order valence-electron chi connectivity index (χ3n) is 6.38. The summed E-state index contributed by atoms with van der Waals surface area (Å²) in [5.74, 6) is -0.412. The van der Waals surface area contributed by atoms with E-state index < -0.39 is 5.97 Å². The van der Waals surface area contributed by atoms with Crippen LogP contribution in [0, 0.1) is 0 Å². The molecule has 0 amide bonds. The molecule has 0 unspecified atom stereocenters. The fourth-order valence-electron chi connectivity index (χ4n) is 4.44. The van der Waals surface area contributed by atoms with Gasteiger partial charge in [-0.05, 0) is 54.4 Å². The van der Waals surface area contributed by atoms with E-state index >= 15 is 0 Å². The second-order valence-electron chi connectivity index (χ2n) is 8.82. The van der Waals surface area contributed by atoms with Gasteiger partial charge in [-0.25, -0.2) is 9.79 Å². The summed E-state index contributed by atoms with van der Waals surface area (Å²) in [5, 5.41) is 15.6. The maximum absolute atomic E-state index is 12.2. The number of aromatic nitrogens is 1. The molecule has 35 heavy (non-hydrogen) atoms. The number of methoxy groups -OCH3 is 1. The van der Waals surface area contributed by atoms with Gasteiger partial charge in [0.1, 0.15) is 0 Å². The number of aromatic amines is 1. The van der Waals surface area contributed by atoms with E-state index in [0.717, 1.165) is 49.5 Å². The number of likely N-dealkylation sites (N-methyl/N-ethyl adjacent to an activating group) is 1. The molecule has 7 nitrogen and oxygen atoms in total. The van der Waals surface area contributed by atoms with Crippen molar-refractivity contribution in [3.05, 3.63) is 81.5 Å². The minimum absolute atomic E-state index is 0.0144. The third-order valence-corrected chi connectivity index (χ3v) is 7.07. The predicted molar refractivity (Wildman–Crippen MR) is 140 cm³/mol. The van der Waals surface area contributed by atoms with E-state index in [-0.39, 0.29) is 5.88 Å². The van der Waals surface area contributed by atoms with Crippen LogP contribution in [0.3, 0.4) is 0 Å². The summed E-state index contributed by atoms with van der Waals surface area (Å²) in [6.45, 7) is 5.14. The number of nitrogens with zero attached hydrogens (tertiary/aromatic N) is 3. The van der Waals surface area contributed by atoms with Gasteiger partial charge in [0.2, 0.25) is 0 Å². The number of carbonyl (C=O) groups excluding carboxylic acids is 1. The lowest BCUT2D eigenvalue weighted by molar-refractivity contribution is 0.0601. The Kier molecular flexibility index (Phi) is 6.68. The van der Waals surface area contributed by atoms with Crippen LogP contribution in [0.4, 0.5) is 5.69 Å². The van der Waals surface area contributed by atoms with E-state index in [1.165, 1.54) is 12.7 Å². The van der Waals surface area contributed by atoms with Crippen molar-refractivity contribution < 1.29 is 14.6 Å². The van der Waals surface area contributed by atoms with E-state index in [9.17, 15) is 9.90 Å². The van der Waals surface area contributed by atoms with Crippen LogP contribution in [0.1, 0.15) is 27.0 Å². The van der Waals surface area contributed by atoms with Crippen molar-refractivity contribution in [3.63, 3.8) is 0 Å². The fourth-order valence-corrected chi connectivity index (χ4v) is 5.08. The van der Waals surface area contributed by atoms with Crippen LogP contribution in [0.15, 0.2) is 64.3 Å². The predicted octanol–water partition coefficient (Wildman–Crippen LogP) is 4.64. The molecular weight excluding hydrogens is 460 g/mol. The Bertz CT molecular complexity index is 1370. The molecule has 0 radical (unpaired) electrons. The van der Waals surface area contributed by atoms with Crippen LogP contribution in [-0.2, 0) is 11.3 Å². The fraction of sp³-hybridized carbons (Fsp3) is 0.259. The molecule has 2 N–H and O–H groups in total. The van der Waals surface area contributed by atoms with Crippen LogP contribution in [0.25, 0.3) is 10.9 Å². The smallest absolute Gasteiger partial charge is 0.337 e. The Hall–Kier alpha value is -3.46. The first-order chi connectivity index (χ1) is 17.0. The van der Waals surface area contributed by atoms with Gasteiger partial charge in [-0.3, -0.25) is 4.90 Å². The van der Waals surface area contributed by atoms with Crippen molar-refractivity contribution in [2.75, 3.05) is 40.3 Å². The molecule has 1 aliphatic rings. The maximum Gasteiger partial charge on any atom is 0.337 e. The number of ether oxygens (including phenoxy) is 1. The van der Waals surface area contributed by atoms with Crippen LogP contribution in [0.5, 0.6) is 5.88 Å². The zero-order valence-electron chi connectivity index (χ0n) is 19.8. The molecule has 1 fully saturated rings. The molecule has 1 aliphatic heterocycles. The standard InChI is InChI=1S/C27H28N4O3S/c1-30-9-11-31(12-10-30)16-18-4-3-5-21(14-18)28-25(20-8-13-35-17-20)24-22-15-19(27(33)34-2)6-7-23(22)29-26(24)32/h3-8,13-15,17,29,32H,9-12,16H2,1-2H3. The van der Waals surface area contributed by atoms with E-state index in [4.69, 9.17) is 9.73 Å². The van der Waals surface area contributed by atoms with Gasteiger partial charge >= 0.3 is 5.97 Å². The number of piperazine rings is 1. The summed E-state index contributed by atoms with van der Waals surface area (Å²) < 4.78 is 4.89. The first kappa shape index (κ1) is 23.3. The number of H-pyrrole nitrogens is 1. The minimum Gasteiger partial charge on any atom is -0.494 e. The lowest BCUT2D eigenvalue weighted by Crippen LogP contribution is -2.43. The van der Waals surface area contributed by atoms with Gasteiger partial charge in [0.15, 0.2) is 5.88 Å². The summed E-state index contributed by atoms with van der Waals surface area (Å²) in [7, 11) is 3.52. The Morgan fingerprint density at radius 2 is 1.94 bits per heavy atom. The van der Waals surface area contributed by atoms with Gasteiger partial charge in [0.05, 0.1) is 29.6 Å². The van der Waals surface area contributed by atoms with E-state index in [1.807, 2.05) is 29.0 Å². The van der Waals surface area contributed by atoms with Crippen LogP contribution in [0.2, 0.25) is 0 Å². The molecule has 0 bridgehead atoms. The molecule has 2 aromatic carbocycles. The van der Waals surface area contributed by atoms with Crippen molar-refractivity contribution in [2.24, 2.45) is 4.99 Å². The Morgan fingerprint density at radius 1 is 1.11 bits per heavy atom. The molecule has 0 atom stereocenters. The third kappa shape index (κ3) is 5.00. The van der Waals surface area contributed by atoms with E-state index in [1.54, 1.807) is 29.5 Å². The van der Waals surface area contributed by atoms with Crippen molar-refractivity contribution in [2.45, 2.75) is 6.54 Å². The highest BCUT2D eigenvalue weighted by molar-refractivity contribution is 7.08. The topological polar surface area (TPSA) is 81.2 Å². The zero-order valence-corrected chi connectivity index (χ0v) is 20.6. The summed E-state index contributed by atoms with van der Waals surface area (Å²) in [6.07, 6.45) is 0. The highest BCUT2D eigenvalue weighted by atomic mass is 32.1. The number of aliphatic imine (C=N–C) groups is 1. The summed E-state index contributed by atoms with van der Waals surface area (Å²) in [5.41, 5.74) is 5.27. The number of nitrogens with one attached hydrogen (secondary N) is 1. The molecule has 0 spiro atoms. The maximum atomic E-state index is 12.2. The average Bonchev–Trinajstić information content (AvgIpc) is 3.51. The van der Waals surface area contributed by atoms with Gasteiger partial charge in [-0.2, -0.15) is 11.3 Å². The lowest BCUT2D eigenvalue weighted by Gasteiger charge is -2.32. The zero-order chi connectivity index (χ0) is 24.4. The Labute approximate surface area is 208 Å². The summed E-state index contributed by atoms with van der Waals surface area (Å²) in [4.78, 5) is 25.0. The monoisotopic (exact) mass is 488 g/mol. The minimum atomic E-state index is -0.427. The van der Waals surface area contributed by atoms with Gasteiger partial charge < -0.3 is 19.7 Å². The van der Waals surface area contributed by atoms with E-state index in [0.29, 0.717) is 22.2 Å². The Balaban J connectivity index is 1.56. The number of carbonyl (C=O) groups is 1. The molecular formula is C27H28N4O3S. The van der Waals surface area contributed by atoms with Crippen LogP contribution in [-0.4, -0.2) is 71.9 Å². The number of fused-ring (bicyclic) bond motifs is 1. The van der Waals surface area contributed by atoms with Gasteiger partial charge in [-0.15, -0.1) is 0 Å². The normalized spacial score (nSPS) is 15.5. The molecule has 0 saturated carbocycles. The molecule has 2 aromatic heterocycles. The van der Waals surface area contributed by atoms with Crippen molar-refractivity contribution in [1.82, 2.24) is 14.8 Å². The van der Waals surface area contributed by atoms with Crippen molar-refractivity contribution in [1.29, 1.82) is 0 Å². The first-order valence-electron chi connectivity index (χ1n) is 11.6. The molecule has 3 heterocycles. The highest BCUT2D eigenvalue weighted by Gasteiger charge is 2.21. The van der Waals surface area contributed by atoms with Crippen LogP contribution < -0.4 is 0 Å². The quantitative estimate of drug-likeness (QED) is 0.305. The molecule has 8 heteroatoms.